The highest BCUT2D eigenvalue weighted by Gasteiger charge is 2.49. The van der Waals surface area contributed by atoms with E-state index in [1.54, 1.807) is 6.92 Å². The van der Waals surface area contributed by atoms with Crippen LogP contribution in [0, 0.1) is 16.7 Å². The second kappa shape index (κ2) is 14.2. The Hall–Kier alpha value is -2.68. The fraction of sp³-hybridized carbons (Fsp3) is 0.537. The molecule has 0 aromatic carbocycles. The van der Waals surface area contributed by atoms with Crippen molar-refractivity contribution in [2.24, 2.45) is 16.7 Å². The summed E-state index contributed by atoms with van der Waals surface area (Å²) in [5.74, 6) is 0.675. The largest absolute Gasteiger partial charge is 0.393 e. The quantitative estimate of drug-likeness (QED) is 0.166. The molecule has 44 heavy (non-hydrogen) atoms. The van der Waals surface area contributed by atoms with Crippen LogP contribution in [0.25, 0.3) is 0 Å². The third-order valence-electron chi connectivity index (χ3n) is 9.35. The molecule has 3 rings (SSSR count). The number of ether oxygens (including phenoxy) is 1. The summed E-state index contributed by atoms with van der Waals surface area (Å²) in [6.45, 7) is 23.6. The first-order valence-corrected chi connectivity index (χ1v) is 16.3. The second-order valence-corrected chi connectivity index (χ2v) is 15.4. The SMILES string of the molecule is CC(C=C=C1C(C)(C)CC(O)CC1(C)O)=CC=CC(C)=CC=CC=C(C)C=CC=C(C)C1C=C2C(C)(C)CC(C)CC2(C)O1. The summed E-state index contributed by atoms with van der Waals surface area (Å²) in [5, 5.41) is 21.0. The first-order chi connectivity index (χ1) is 20.3. The highest BCUT2D eigenvalue weighted by atomic mass is 16.5. The van der Waals surface area contributed by atoms with Crippen molar-refractivity contribution in [1.82, 2.24) is 0 Å². The molecule has 0 saturated heterocycles. The van der Waals surface area contributed by atoms with E-state index in [-0.39, 0.29) is 22.5 Å². The van der Waals surface area contributed by atoms with Crippen LogP contribution in [0.1, 0.15) is 102 Å². The number of fused-ring (bicyclic) bond motifs is 1. The Morgan fingerprint density at radius 2 is 1.34 bits per heavy atom. The van der Waals surface area contributed by atoms with Crippen molar-refractivity contribution in [3.05, 3.63) is 112 Å². The molecule has 0 bridgehead atoms. The van der Waals surface area contributed by atoms with Gasteiger partial charge in [0.25, 0.3) is 0 Å². The number of hydrogen-bond acceptors (Lipinski definition) is 3. The molecule has 3 heteroatoms. The Morgan fingerprint density at radius 1 is 0.773 bits per heavy atom. The molecule has 1 heterocycles. The average molecular weight is 599 g/mol. The summed E-state index contributed by atoms with van der Waals surface area (Å²) >= 11 is 0. The molecule has 0 radical (unpaired) electrons. The molecule has 3 aliphatic rings. The van der Waals surface area contributed by atoms with Crippen LogP contribution < -0.4 is 0 Å². The van der Waals surface area contributed by atoms with Gasteiger partial charge in [-0.3, -0.25) is 0 Å². The predicted molar refractivity (Wildman–Crippen MR) is 187 cm³/mol. The first-order valence-electron chi connectivity index (χ1n) is 16.3. The lowest BCUT2D eigenvalue weighted by Crippen LogP contribution is -2.45. The average Bonchev–Trinajstić information content (AvgIpc) is 3.22. The molecular formula is C41H58O3. The van der Waals surface area contributed by atoms with Crippen LogP contribution in [-0.2, 0) is 4.74 Å². The van der Waals surface area contributed by atoms with Crippen LogP contribution >= 0.6 is 0 Å². The Balaban J connectivity index is 1.56. The van der Waals surface area contributed by atoms with Crippen molar-refractivity contribution in [1.29, 1.82) is 0 Å². The molecule has 2 N–H and O–H groups in total. The van der Waals surface area contributed by atoms with Crippen molar-refractivity contribution in [3.63, 3.8) is 0 Å². The third kappa shape index (κ3) is 9.41. The van der Waals surface area contributed by atoms with E-state index in [4.69, 9.17) is 4.74 Å². The zero-order valence-corrected chi connectivity index (χ0v) is 29.3. The van der Waals surface area contributed by atoms with Gasteiger partial charge < -0.3 is 14.9 Å². The molecule has 1 aliphatic heterocycles. The fourth-order valence-electron chi connectivity index (χ4n) is 7.71. The summed E-state index contributed by atoms with van der Waals surface area (Å²) in [4.78, 5) is 0. The number of hydrogen-bond donors (Lipinski definition) is 2. The van der Waals surface area contributed by atoms with Gasteiger partial charge in [0.05, 0.1) is 23.4 Å². The predicted octanol–water partition coefficient (Wildman–Crippen LogP) is 9.99. The van der Waals surface area contributed by atoms with E-state index < -0.39 is 11.7 Å². The molecule has 5 unspecified atom stereocenters. The minimum atomic E-state index is -1.05. The van der Waals surface area contributed by atoms with Gasteiger partial charge in [-0.1, -0.05) is 107 Å². The van der Waals surface area contributed by atoms with Gasteiger partial charge >= 0.3 is 0 Å². The van der Waals surface area contributed by atoms with Crippen molar-refractivity contribution in [2.75, 3.05) is 0 Å². The Bertz CT molecular complexity index is 1350. The molecule has 5 atom stereocenters. The van der Waals surface area contributed by atoms with Gasteiger partial charge in [0.1, 0.15) is 0 Å². The Labute approximate surface area is 268 Å². The zero-order chi connectivity index (χ0) is 32.9. The number of aliphatic hydroxyl groups excluding tert-OH is 1. The minimum absolute atomic E-state index is 0.0524. The number of aliphatic hydroxyl groups is 2. The van der Waals surface area contributed by atoms with Crippen LogP contribution in [0.15, 0.2) is 112 Å². The molecule has 2 saturated carbocycles. The molecule has 0 aromatic heterocycles. The monoisotopic (exact) mass is 598 g/mol. The topological polar surface area (TPSA) is 49.7 Å². The van der Waals surface area contributed by atoms with E-state index in [2.05, 4.69) is 123 Å². The molecule has 2 aliphatic carbocycles. The highest BCUT2D eigenvalue weighted by Crippen LogP contribution is 2.53. The van der Waals surface area contributed by atoms with Gasteiger partial charge in [0.2, 0.25) is 0 Å². The lowest BCUT2D eigenvalue weighted by molar-refractivity contribution is -0.0440. The highest BCUT2D eigenvalue weighted by molar-refractivity contribution is 5.37. The smallest absolute Gasteiger partial charge is 0.0982 e. The van der Waals surface area contributed by atoms with Gasteiger partial charge in [-0.05, 0) is 106 Å². The van der Waals surface area contributed by atoms with Crippen molar-refractivity contribution < 1.29 is 14.9 Å². The molecule has 2 fully saturated rings. The molecular weight excluding hydrogens is 540 g/mol. The van der Waals surface area contributed by atoms with Gasteiger partial charge in [-0.2, -0.15) is 0 Å². The lowest BCUT2D eigenvalue weighted by atomic mass is 9.63. The molecule has 240 valence electrons. The van der Waals surface area contributed by atoms with Gasteiger partial charge in [-0.25, -0.2) is 0 Å². The third-order valence-corrected chi connectivity index (χ3v) is 9.35. The maximum Gasteiger partial charge on any atom is 0.0982 e. The van der Waals surface area contributed by atoms with Crippen molar-refractivity contribution in [3.8, 4) is 0 Å². The van der Waals surface area contributed by atoms with Crippen LogP contribution in [0.4, 0.5) is 0 Å². The van der Waals surface area contributed by atoms with Gasteiger partial charge in [0, 0.05) is 12.0 Å². The summed E-state index contributed by atoms with van der Waals surface area (Å²) < 4.78 is 6.62. The Kier molecular flexibility index (Phi) is 11.5. The lowest BCUT2D eigenvalue weighted by Gasteiger charge is -2.45. The molecule has 0 spiro atoms. The van der Waals surface area contributed by atoms with E-state index in [1.165, 1.54) is 23.1 Å². The van der Waals surface area contributed by atoms with E-state index in [0.29, 0.717) is 18.8 Å². The molecule has 0 amide bonds. The van der Waals surface area contributed by atoms with Gasteiger partial charge in [-0.15, -0.1) is 5.73 Å². The van der Waals surface area contributed by atoms with Crippen molar-refractivity contribution >= 4 is 0 Å². The zero-order valence-electron chi connectivity index (χ0n) is 29.3. The fourth-order valence-corrected chi connectivity index (χ4v) is 7.71. The number of allylic oxidation sites excluding steroid dienone is 13. The van der Waals surface area contributed by atoms with Crippen molar-refractivity contribution in [2.45, 2.75) is 125 Å². The summed E-state index contributed by atoms with van der Waals surface area (Å²) in [7, 11) is 0. The summed E-state index contributed by atoms with van der Waals surface area (Å²) in [5.41, 5.74) is 8.99. The normalized spacial score (nSPS) is 33.2. The first kappa shape index (κ1) is 35.8. The summed E-state index contributed by atoms with van der Waals surface area (Å²) in [6.07, 6.45) is 28.1. The molecule has 0 aromatic rings. The second-order valence-electron chi connectivity index (χ2n) is 15.4. The Morgan fingerprint density at radius 3 is 1.93 bits per heavy atom. The summed E-state index contributed by atoms with van der Waals surface area (Å²) in [6, 6.07) is 0. The van der Waals surface area contributed by atoms with E-state index >= 15 is 0 Å². The van der Waals surface area contributed by atoms with E-state index in [0.717, 1.165) is 23.1 Å². The van der Waals surface area contributed by atoms with Crippen LogP contribution in [-0.4, -0.2) is 33.6 Å². The van der Waals surface area contributed by atoms with Gasteiger partial charge in [0.15, 0.2) is 0 Å². The maximum atomic E-state index is 10.9. The maximum absolute atomic E-state index is 10.9. The van der Waals surface area contributed by atoms with E-state index in [9.17, 15) is 10.2 Å². The standard InChI is InChI=1S/C41H58O3/c1-29(18-14-19-31(3)22-23-36-39(8,9)27-34(42)28-40(36,10)43)16-12-13-17-30(2)20-15-21-33(5)35-24-37-38(6,7)25-32(4)26-41(37,11)44-35/h12-22,24,32,34-35,42-43H,25-28H2,1-11H3. The minimum Gasteiger partial charge on any atom is -0.393 e. The number of rotatable bonds is 8. The van der Waals surface area contributed by atoms with Crippen LogP contribution in [0.5, 0.6) is 0 Å². The van der Waals surface area contributed by atoms with Crippen LogP contribution in [0.2, 0.25) is 0 Å². The molecule has 3 nitrogen and oxygen atoms in total. The van der Waals surface area contributed by atoms with Crippen LogP contribution in [0.3, 0.4) is 0 Å². The van der Waals surface area contributed by atoms with E-state index in [1.807, 2.05) is 25.2 Å².